The molecular weight excluding hydrogens is 286 g/mol. The van der Waals surface area contributed by atoms with E-state index >= 15 is 0 Å². The van der Waals surface area contributed by atoms with Crippen molar-refractivity contribution < 1.29 is 9.26 Å². The van der Waals surface area contributed by atoms with Gasteiger partial charge in [0.25, 0.3) is 0 Å². The van der Waals surface area contributed by atoms with Crippen molar-refractivity contribution in [3.05, 3.63) is 11.7 Å². The van der Waals surface area contributed by atoms with Crippen molar-refractivity contribution >= 4 is 11.8 Å². The van der Waals surface area contributed by atoms with Crippen LogP contribution in [0.15, 0.2) is 4.52 Å². The normalized spacial score (nSPS) is 23.7. The molecule has 0 radical (unpaired) electrons. The predicted octanol–water partition coefficient (Wildman–Crippen LogP) is 2.50. The summed E-state index contributed by atoms with van der Waals surface area (Å²) in [5, 5.41) is 4.08. The van der Waals surface area contributed by atoms with Crippen LogP contribution in [0.1, 0.15) is 50.7 Å². The molecule has 0 amide bonds. The van der Waals surface area contributed by atoms with Crippen LogP contribution >= 0.6 is 11.8 Å². The molecule has 118 valence electrons. The highest BCUT2D eigenvalue weighted by Gasteiger charge is 2.31. The highest BCUT2D eigenvalue weighted by molar-refractivity contribution is 7.99. The first-order valence-electron chi connectivity index (χ1n) is 7.95. The van der Waals surface area contributed by atoms with E-state index in [0.29, 0.717) is 24.5 Å². The Balaban J connectivity index is 1.54. The van der Waals surface area contributed by atoms with E-state index in [-0.39, 0.29) is 0 Å². The maximum Gasteiger partial charge on any atom is 0.226 e. The highest BCUT2D eigenvalue weighted by Crippen LogP contribution is 2.27. The lowest BCUT2D eigenvalue weighted by Gasteiger charge is -2.29. The van der Waals surface area contributed by atoms with Crippen LogP contribution < -0.4 is 5.73 Å². The molecular formula is C15H25N3O2S. The Morgan fingerprint density at radius 1 is 1.33 bits per heavy atom. The van der Waals surface area contributed by atoms with Crippen molar-refractivity contribution in [3.63, 3.8) is 0 Å². The van der Waals surface area contributed by atoms with Gasteiger partial charge in [-0.1, -0.05) is 5.16 Å². The molecule has 2 heterocycles. The van der Waals surface area contributed by atoms with E-state index in [1.54, 1.807) is 0 Å². The minimum Gasteiger partial charge on any atom is -0.376 e. The molecule has 5 nitrogen and oxygen atoms in total. The first-order valence-corrected chi connectivity index (χ1v) is 9.10. The van der Waals surface area contributed by atoms with Gasteiger partial charge in [0.05, 0.1) is 12.7 Å². The fourth-order valence-electron chi connectivity index (χ4n) is 2.66. The standard InChI is InChI=1S/C15H25N3O2S/c1-15(16,10-19-12-3-2-4-12)14-17-13(20-18-14)9-11-5-7-21-8-6-11/h11-12H,2-10,16H2,1H3. The number of hydrogen-bond acceptors (Lipinski definition) is 6. The smallest absolute Gasteiger partial charge is 0.226 e. The molecule has 0 aromatic carbocycles. The molecule has 1 saturated heterocycles. The molecule has 3 rings (SSSR count). The molecule has 0 spiro atoms. The van der Waals surface area contributed by atoms with Gasteiger partial charge in [0.15, 0.2) is 5.82 Å². The molecule has 2 aliphatic rings. The second-order valence-corrected chi connectivity index (χ2v) is 7.78. The summed E-state index contributed by atoms with van der Waals surface area (Å²) >= 11 is 2.03. The van der Waals surface area contributed by atoms with E-state index in [1.165, 1.54) is 30.8 Å². The van der Waals surface area contributed by atoms with Crippen molar-refractivity contribution in [2.45, 2.75) is 57.1 Å². The largest absolute Gasteiger partial charge is 0.376 e. The molecule has 2 fully saturated rings. The maximum atomic E-state index is 6.30. The van der Waals surface area contributed by atoms with Gasteiger partial charge in [-0.25, -0.2) is 0 Å². The molecule has 2 N–H and O–H groups in total. The fraction of sp³-hybridized carbons (Fsp3) is 0.867. The van der Waals surface area contributed by atoms with Crippen LogP contribution in [0.3, 0.4) is 0 Å². The molecule has 0 bridgehead atoms. The average molecular weight is 311 g/mol. The molecule has 1 aliphatic carbocycles. The van der Waals surface area contributed by atoms with E-state index in [4.69, 9.17) is 15.0 Å². The molecule has 1 unspecified atom stereocenters. The number of rotatable bonds is 6. The Morgan fingerprint density at radius 3 is 2.76 bits per heavy atom. The van der Waals surface area contributed by atoms with E-state index < -0.39 is 5.54 Å². The Morgan fingerprint density at radius 2 is 2.10 bits per heavy atom. The number of aromatic nitrogens is 2. The van der Waals surface area contributed by atoms with Crippen molar-refractivity contribution in [3.8, 4) is 0 Å². The number of nitrogens with zero attached hydrogens (tertiary/aromatic N) is 2. The second kappa shape index (κ2) is 6.67. The van der Waals surface area contributed by atoms with Crippen LogP contribution in [0.25, 0.3) is 0 Å². The third-order valence-corrected chi connectivity index (χ3v) is 5.50. The van der Waals surface area contributed by atoms with E-state index in [2.05, 4.69) is 10.1 Å². The van der Waals surface area contributed by atoms with E-state index in [0.717, 1.165) is 25.2 Å². The zero-order valence-corrected chi connectivity index (χ0v) is 13.5. The summed E-state index contributed by atoms with van der Waals surface area (Å²) in [5.41, 5.74) is 5.63. The lowest BCUT2D eigenvalue weighted by atomic mass is 9.95. The van der Waals surface area contributed by atoms with E-state index in [9.17, 15) is 0 Å². The van der Waals surface area contributed by atoms with Crippen LogP contribution in [0.5, 0.6) is 0 Å². The summed E-state index contributed by atoms with van der Waals surface area (Å²) in [6.45, 7) is 2.37. The Hall–Kier alpha value is -0.590. The van der Waals surface area contributed by atoms with Gasteiger partial charge in [0, 0.05) is 6.42 Å². The molecule has 1 aromatic rings. The Kier molecular flexibility index (Phi) is 4.86. The highest BCUT2D eigenvalue weighted by atomic mass is 32.2. The van der Waals surface area contributed by atoms with Gasteiger partial charge in [0.2, 0.25) is 5.89 Å². The third kappa shape index (κ3) is 3.99. The van der Waals surface area contributed by atoms with Gasteiger partial charge >= 0.3 is 0 Å². The molecule has 21 heavy (non-hydrogen) atoms. The molecule has 1 saturated carbocycles. The molecule has 1 aliphatic heterocycles. The maximum absolute atomic E-state index is 6.30. The van der Waals surface area contributed by atoms with Crippen LogP contribution in [0.4, 0.5) is 0 Å². The monoisotopic (exact) mass is 311 g/mol. The van der Waals surface area contributed by atoms with Gasteiger partial charge in [-0.15, -0.1) is 0 Å². The summed E-state index contributed by atoms with van der Waals surface area (Å²) in [6.07, 6.45) is 7.30. The van der Waals surface area contributed by atoms with Gasteiger partial charge in [-0.2, -0.15) is 16.7 Å². The van der Waals surface area contributed by atoms with Crippen LogP contribution in [-0.4, -0.2) is 34.4 Å². The van der Waals surface area contributed by atoms with Gasteiger partial charge < -0.3 is 15.0 Å². The van der Waals surface area contributed by atoms with Crippen LogP contribution in [0.2, 0.25) is 0 Å². The molecule has 1 aromatic heterocycles. The lowest BCUT2D eigenvalue weighted by Crippen LogP contribution is -2.41. The average Bonchev–Trinajstić information content (AvgIpc) is 2.87. The number of thioether (sulfide) groups is 1. The predicted molar refractivity (Wildman–Crippen MR) is 83.2 cm³/mol. The minimum atomic E-state index is -0.667. The van der Waals surface area contributed by atoms with Gasteiger partial charge in [0.1, 0.15) is 5.54 Å². The van der Waals surface area contributed by atoms with Crippen molar-refractivity contribution in [2.24, 2.45) is 11.7 Å². The minimum absolute atomic E-state index is 0.374. The summed E-state index contributed by atoms with van der Waals surface area (Å²) in [5.74, 6) is 4.46. The van der Waals surface area contributed by atoms with Crippen molar-refractivity contribution in [1.82, 2.24) is 10.1 Å². The summed E-state index contributed by atoms with van der Waals surface area (Å²) in [7, 11) is 0. The van der Waals surface area contributed by atoms with Crippen molar-refractivity contribution in [1.29, 1.82) is 0 Å². The number of nitrogens with two attached hydrogens (primary N) is 1. The number of ether oxygens (including phenoxy) is 1. The first-order chi connectivity index (χ1) is 10.1. The van der Waals surface area contributed by atoms with Gasteiger partial charge in [-0.3, -0.25) is 0 Å². The first kappa shape index (κ1) is 15.3. The Bertz CT molecular complexity index is 454. The van der Waals surface area contributed by atoms with Gasteiger partial charge in [-0.05, 0) is 56.5 Å². The summed E-state index contributed by atoms with van der Waals surface area (Å²) in [6, 6.07) is 0. The molecule has 6 heteroatoms. The SMILES string of the molecule is CC(N)(COC1CCC1)c1noc(CC2CCSCC2)n1. The van der Waals surface area contributed by atoms with E-state index in [1.807, 2.05) is 18.7 Å². The van der Waals surface area contributed by atoms with Crippen molar-refractivity contribution in [2.75, 3.05) is 18.1 Å². The zero-order valence-electron chi connectivity index (χ0n) is 12.7. The molecule has 1 atom stereocenters. The summed E-state index contributed by atoms with van der Waals surface area (Å²) < 4.78 is 11.2. The zero-order chi connectivity index (χ0) is 14.7. The quantitative estimate of drug-likeness (QED) is 0.870. The lowest BCUT2D eigenvalue weighted by molar-refractivity contribution is -0.0222. The third-order valence-electron chi connectivity index (χ3n) is 4.45. The van der Waals surface area contributed by atoms with Crippen LogP contribution in [-0.2, 0) is 16.7 Å². The number of hydrogen-bond donors (Lipinski definition) is 1. The van der Waals surface area contributed by atoms with Crippen LogP contribution in [0, 0.1) is 5.92 Å². The fourth-order valence-corrected chi connectivity index (χ4v) is 3.86. The Labute approximate surface area is 130 Å². The topological polar surface area (TPSA) is 74.2 Å². The second-order valence-electron chi connectivity index (χ2n) is 6.55. The summed E-state index contributed by atoms with van der Waals surface area (Å²) in [4.78, 5) is 4.51.